The minimum Gasteiger partial charge on any atom is -0.462 e. The van der Waals surface area contributed by atoms with Crippen LogP contribution in [0, 0.1) is 20.8 Å². The van der Waals surface area contributed by atoms with E-state index in [-0.39, 0.29) is 18.3 Å². The molecule has 0 saturated heterocycles. The SMILES string of the molecule is C=CCn1c(SCC(=O)Nc2sc(C)cc2C(=O)OCC)nnc1-c1csc(C)c1-c1ccc(C)cc1. The predicted molar refractivity (Wildman–Crippen MR) is 153 cm³/mol. The summed E-state index contributed by atoms with van der Waals surface area (Å²) in [4.78, 5) is 27.1. The lowest BCUT2D eigenvalue weighted by Gasteiger charge is -2.10. The van der Waals surface area contributed by atoms with Gasteiger partial charge in [-0.05, 0) is 39.3 Å². The molecule has 3 aromatic heterocycles. The topological polar surface area (TPSA) is 86.1 Å². The van der Waals surface area contributed by atoms with Crippen molar-refractivity contribution in [3.63, 3.8) is 0 Å². The van der Waals surface area contributed by atoms with Crippen LogP contribution in [0.1, 0.15) is 32.6 Å². The third-order valence-electron chi connectivity index (χ3n) is 5.52. The van der Waals surface area contributed by atoms with Crippen molar-refractivity contribution in [2.45, 2.75) is 39.4 Å². The number of ether oxygens (including phenoxy) is 1. The summed E-state index contributed by atoms with van der Waals surface area (Å²) in [6.45, 7) is 12.5. The number of carbonyl (C=O) groups is 2. The van der Waals surface area contributed by atoms with Crippen LogP contribution < -0.4 is 5.32 Å². The van der Waals surface area contributed by atoms with Gasteiger partial charge in [0.05, 0.1) is 17.9 Å². The lowest BCUT2D eigenvalue weighted by Crippen LogP contribution is -2.16. The summed E-state index contributed by atoms with van der Waals surface area (Å²) in [5.41, 5.74) is 4.85. The molecule has 1 amide bonds. The number of thioether (sulfide) groups is 1. The van der Waals surface area contributed by atoms with Gasteiger partial charge >= 0.3 is 5.97 Å². The molecule has 3 heterocycles. The molecule has 0 fully saturated rings. The Morgan fingerprint density at radius 1 is 1.19 bits per heavy atom. The Morgan fingerprint density at radius 2 is 1.95 bits per heavy atom. The number of hydrogen-bond acceptors (Lipinski definition) is 8. The van der Waals surface area contributed by atoms with Crippen LogP contribution in [0.25, 0.3) is 22.5 Å². The van der Waals surface area contributed by atoms with E-state index in [9.17, 15) is 9.59 Å². The quantitative estimate of drug-likeness (QED) is 0.133. The molecular weight excluding hydrogens is 525 g/mol. The van der Waals surface area contributed by atoms with E-state index in [2.05, 4.69) is 65.6 Å². The first-order valence-corrected chi connectivity index (χ1v) is 14.4. The third-order valence-corrected chi connectivity index (χ3v) is 8.36. The van der Waals surface area contributed by atoms with E-state index in [0.717, 1.165) is 27.4 Å². The average molecular weight is 553 g/mol. The van der Waals surface area contributed by atoms with Crippen LogP contribution in [0.4, 0.5) is 5.00 Å². The molecule has 0 radical (unpaired) electrons. The first-order chi connectivity index (χ1) is 17.8. The molecule has 0 aliphatic rings. The maximum Gasteiger partial charge on any atom is 0.341 e. The van der Waals surface area contributed by atoms with Crippen LogP contribution in [0.2, 0.25) is 0 Å². The molecule has 1 aromatic carbocycles. The lowest BCUT2D eigenvalue weighted by atomic mass is 10.0. The second-order valence-corrected chi connectivity index (χ2v) is 11.6. The maximum atomic E-state index is 12.8. The van der Waals surface area contributed by atoms with E-state index in [1.807, 2.05) is 11.5 Å². The molecule has 37 heavy (non-hydrogen) atoms. The van der Waals surface area contributed by atoms with Gasteiger partial charge < -0.3 is 10.1 Å². The Hall–Kier alpha value is -3.21. The van der Waals surface area contributed by atoms with Crippen molar-refractivity contribution in [1.82, 2.24) is 14.8 Å². The summed E-state index contributed by atoms with van der Waals surface area (Å²) in [5, 5.41) is 15.0. The Labute approximate surface area is 228 Å². The zero-order chi connectivity index (χ0) is 26.5. The molecule has 0 saturated carbocycles. The fourth-order valence-electron chi connectivity index (χ4n) is 3.85. The van der Waals surface area contributed by atoms with E-state index < -0.39 is 5.97 Å². The Bertz CT molecular complexity index is 1430. The van der Waals surface area contributed by atoms with Gasteiger partial charge in [0.1, 0.15) is 5.00 Å². The number of anilines is 1. The molecule has 192 valence electrons. The van der Waals surface area contributed by atoms with E-state index in [1.165, 1.54) is 33.5 Å². The standard InChI is InChI=1S/C27H28N4O3S3/c1-6-12-31-24(21-14-35-18(5)23(21)19-10-8-16(3)9-11-19)29-30-27(31)36-15-22(32)28-25-20(13-17(4)37-25)26(33)34-7-2/h6,8-11,13-14H,1,7,12,15H2,2-5H3,(H,28,32). The van der Waals surface area contributed by atoms with Crippen molar-refractivity contribution in [3.8, 4) is 22.5 Å². The van der Waals surface area contributed by atoms with Gasteiger partial charge in [0.2, 0.25) is 5.91 Å². The highest BCUT2D eigenvalue weighted by Gasteiger charge is 2.22. The summed E-state index contributed by atoms with van der Waals surface area (Å²) in [5.74, 6) is 0.169. The zero-order valence-corrected chi connectivity index (χ0v) is 23.6. The highest BCUT2D eigenvalue weighted by atomic mass is 32.2. The number of nitrogens with one attached hydrogen (secondary N) is 1. The van der Waals surface area contributed by atoms with Crippen molar-refractivity contribution in [3.05, 3.63) is 69.2 Å². The van der Waals surface area contributed by atoms with Crippen molar-refractivity contribution >= 4 is 51.3 Å². The number of rotatable bonds is 10. The van der Waals surface area contributed by atoms with E-state index in [0.29, 0.717) is 22.3 Å². The zero-order valence-electron chi connectivity index (χ0n) is 21.2. The van der Waals surface area contributed by atoms with E-state index >= 15 is 0 Å². The Balaban J connectivity index is 1.55. The number of esters is 1. The first-order valence-electron chi connectivity index (χ1n) is 11.7. The number of aromatic nitrogens is 3. The molecule has 0 spiro atoms. The molecule has 0 aliphatic carbocycles. The lowest BCUT2D eigenvalue weighted by molar-refractivity contribution is -0.113. The van der Waals surface area contributed by atoms with Crippen LogP contribution in [0.15, 0.2) is 53.5 Å². The molecular formula is C27H28N4O3S3. The molecule has 4 aromatic rings. The molecule has 0 bridgehead atoms. The van der Waals surface area contributed by atoms with Crippen molar-refractivity contribution in [2.75, 3.05) is 17.7 Å². The normalized spacial score (nSPS) is 10.9. The number of hydrogen-bond donors (Lipinski definition) is 1. The number of aryl methyl sites for hydroxylation is 3. The summed E-state index contributed by atoms with van der Waals surface area (Å²) in [7, 11) is 0. The molecule has 10 heteroatoms. The van der Waals surface area contributed by atoms with Gasteiger partial charge in [-0.1, -0.05) is 47.7 Å². The van der Waals surface area contributed by atoms with Gasteiger partial charge in [-0.25, -0.2) is 4.79 Å². The number of amides is 1. The van der Waals surface area contributed by atoms with Gasteiger partial charge in [0.15, 0.2) is 11.0 Å². The Kier molecular flexibility index (Phi) is 8.63. The largest absolute Gasteiger partial charge is 0.462 e. The minimum absolute atomic E-state index is 0.113. The number of benzene rings is 1. The Morgan fingerprint density at radius 3 is 2.65 bits per heavy atom. The summed E-state index contributed by atoms with van der Waals surface area (Å²) < 4.78 is 7.09. The number of allylic oxidation sites excluding steroid dienone is 1. The van der Waals surface area contributed by atoms with Crippen molar-refractivity contribution in [1.29, 1.82) is 0 Å². The van der Waals surface area contributed by atoms with Crippen molar-refractivity contribution in [2.24, 2.45) is 0 Å². The highest BCUT2D eigenvalue weighted by molar-refractivity contribution is 7.99. The molecule has 1 N–H and O–H groups in total. The molecule has 0 aliphatic heterocycles. The van der Waals surface area contributed by atoms with Gasteiger partial charge in [0, 0.05) is 32.8 Å². The number of carbonyl (C=O) groups excluding carboxylic acids is 2. The molecule has 0 unspecified atom stereocenters. The van der Waals surface area contributed by atoms with E-state index in [4.69, 9.17) is 4.74 Å². The maximum absolute atomic E-state index is 12.8. The van der Waals surface area contributed by atoms with Gasteiger partial charge in [0.25, 0.3) is 0 Å². The summed E-state index contributed by atoms with van der Waals surface area (Å²) in [6.07, 6.45) is 1.79. The predicted octanol–water partition coefficient (Wildman–Crippen LogP) is 6.75. The van der Waals surface area contributed by atoms with Crippen LogP contribution in [-0.4, -0.2) is 39.0 Å². The number of thiophene rings is 2. The fraction of sp³-hybridized carbons (Fsp3) is 0.259. The third kappa shape index (κ3) is 6.03. The second kappa shape index (κ2) is 11.9. The van der Waals surface area contributed by atoms with Crippen LogP contribution >= 0.6 is 34.4 Å². The van der Waals surface area contributed by atoms with Crippen LogP contribution in [0.3, 0.4) is 0 Å². The molecule has 0 atom stereocenters. The summed E-state index contributed by atoms with van der Waals surface area (Å²) in [6, 6.07) is 10.2. The van der Waals surface area contributed by atoms with Gasteiger partial charge in [-0.3, -0.25) is 9.36 Å². The van der Waals surface area contributed by atoms with Crippen molar-refractivity contribution < 1.29 is 14.3 Å². The fourth-order valence-corrected chi connectivity index (χ4v) is 6.37. The number of nitrogens with zero attached hydrogens (tertiary/aromatic N) is 3. The van der Waals surface area contributed by atoms with E-state index in [1.54, 1.807) is 30.4 Å². The first kappa shape index (κ1) is 26.8. The average Bonchev–Trinajstić information content (AvgIpc) is 3.55. The summed E-state index contributed by atoms with van der Waals surface area (Å²) >= 11 is 4.31. The van der Waals surface area contributed by atoms with Gasteiger partial charge in [-0.15, -0.1) is 39.4 Å². The van der Waals surface area contributed by atoms with Crippen LogP contribution in [-0.2, 0) is 16.1 Å². The van der Waals surface area contributed by atoms with Crippen LogP contribution in [0.5, 0.6) is 0 Å². The highest BCUT2D eigenvalue weighted by Crippen LogP contribution is 2.39. The monoisotopic (exact) mass is 552 g/mol. The smallest absolute Gasteiger partial charge is 0.341 e. The minimum atomic E-state index is -0.444. The van der Waals surface area contributed by atoms with Gasteiger partial charge in [-0.2, -0.15) is 0 Å². The molecule has 4 rings (SSSR count). The second-order valence-electron chi connectivity index (χ2n) is 8.31. The molecule has 7 nitrogen and oxygen atoms in total.